The molecule has 4 rings (SSSR count). The van der Waals surface area contributed by atoms with E-state index in [1.165, 1.54) is 0 Å². The van der Waals surface area contributed by atoms with Crippen LogP contribution in [0, 0.1) is 13.8 Å². The number of anilines is 2. The number of benzene rings is 4. The molecule has 0 radical (unpaired) electrons. The minimum atomic E-state index is -0.963. The molecule has 4 aromatic carbocycles. The van der Waals surface area contributed by atoms with Crippen LogP contribution in [0.4, 0.5) is 11.4 Å². The van der Waals surface area contributed by atoms with E-state index in [2.05, 4.69) is 10.6 Å². The zero-order valence-corrected chi connectivity index (χ0v) is 19.1. The number of ether oxygens (including phenoxy) is 1. The molecule has 4 aromatic rings. The molecule has 0 aliphatic rings. The predicted octanol–water partition coefficient (Wildman–Crippen LogP) is 5.78. The van der Waals surface area contributed by atoms with Crippen molar-refractivity contribution >= 4 is 34.0 Å². The maximum atomic E-state index is 12.5. The third-order valence-electron chi connectivity index (χ3n) is 5.71. The van der Waals surface area contributed by atoms with Crippen molar-refractivity contribution in [2.75, 3.05) is 17.2 Å². The molecule has 6 nitrogen and oxygen atoms in total. The van der Waals surface area contributed by atoms with E-state index in [4.69, 9.17) is 4.74 Å². The zero-order chi connectivity index (χ0) is 24.1. The number of fused-ring (bicyclic) bond motifs is 1. The van der Waals surface area contributed by atoms with Crippen molar-refractivity contribution < 1.29 is 19.4 Å². The summed E-state index contributed by atoms with van der Waals surface area (Å²) in [5, 5.41) is 17.7. The van der Waals surface area contributed by atoms with Gasteiger partial charge in [-0.3, -0.25) is 4.79 Å². The lowest BCUT2D eigenvalue weighted by molar-refractivity contribution is -0.118. The number of aromatic carboxylic acids is 1. The lowest BCUT2D eigenvalue weighted by atomic mass is 10.0. The second-order valence-corrected chi connectivity index (χ2v) is 8.10. The van der Waals surface area contributed by atoms with Gasteiger partial charge >= 0.3 is 5.97 Å². The summed E-state index contributed by atoms with van der Waals surface area (Å²) in [4.78, 5) is 24.0. The highest BCUT2D eigenvalue weighted by Crippen LogP contribution is 2.30. The van der Waals surface area contributed by atoms with Crippen molar-refractivity contribution in [1.82, 2.24) is 0 Å². The van der Waals surface area contributed by atoms with Crippen LogP contribution in [0.25, 0.3) is 10.8 Å². The zero-order valence-electron chi connectivity index (χ0n) is 19.1. The second kappa shape index (κ2) is 10.1. The van der Waals surface area contributed by atoms with E-state index in [1.54, 1.807) is 19.1 Å². The molecule has 0 atom stereocenters. The third kappa shape index (κ3) is 5.18. The van der Waals surface area contributed by atoms with Crippen LogP contribution in [0.2, 0.25) is 0 Å². The highest BCUT2D eigenvalue weighted by molar-refractivity contribution is 5.93. The van der Waals surface area contributed by atoms with E-state index < -0.39 is 5.97 Å². The summed E-state index contributed by atoms with van der Waals surface area (Å²) in [6, 6.07) is 24.5. The number of carbonyl (C=O) groups is 2. The van der Waals surface area contributed by atoms with Crippen LogP contribution in [0.1, 0.15) is 27.0 Å². The topological polar surface area (TPSA) is 87.7 Å². The van der Waals surface area contributed by atoms with Gasteiger partial charge in [-0.15, -0.1) is 0 Å². The van der Waals surface area contributed by atoms with Gasteiger partial charge in [0.1, 0.15) is 5.75 Å². The van der Waals surface area contributed by atoms with Crippen LogP contribution in [0.5, 0.6) is 5.75 Å². The number of amides is 1. The van der Waals surface area contributed by atoms with Crippen LogP contribution in [0.15, 0.2) is 78.9 Å². The number of carboxylic acid groups (broad SMARTS) is 1. The van der Waals surface area contributed by atoms with Crippen molar-refractivity contribution in [3.05, 3.63) is 101 Å². The number of hydrogen-bond acceptors (Lipinski definition) is 4. The Morgan fingerprint density at radius 3 is 2.41 bits per heavy atom. The van der Waals surface area contributed by atoms with Gasteiger partial charge in [0.2, 0.25) is 0 Å². The number of carboxylic acids is 1. The summed E-state index contributed by atoms with van der Waals surface area (Å²) in [6.07, 6.45) is 0. The Morgan fingerprint density at radius 1 is 0.882 bits per heavy atom. The smallest absolute Gasteiger partial charge is 0.336 e. The van der Waals surface area contributed by atoms with Gasteiger partial charge in [0.15, 0.2) is 6.61 Å². The van der Waals surface area contributed by atoms with Gasteiger partial charge in [-0.2, -0.15) is 0 Å². The summed E-state index contributed by atoms with van der Waals surface area (Å²) in [6.45, 7) is 4.04. The molecule has 172 valence electrons. The molecule has 0 spiro atoms. The normalized spacial score (nSPS) is 10.6. The molecule has 0 aromatic heterocycles. The van der Waals surface area contributed by atoms with Gasteiger partial charge in [0, 0.05) is 23.5 Å². The number of rotatable bonds is 8. The van der Waals surface area contributed by atoms with E-state index in [9.17, 15) is 14.7 Å². The van der Waals surface area contributed by atoms with Crippen molar-refractivity contribution in [3.63, 3.8) is 0 Å². The first-order valence-corrected chi connectivity index (χ1v) is 11.0. The van der Waals surface area contributed by atoms with Crippen molar-refractivity contribution in [3.8, 4) is 5.75 Å². The van der Waals surface area contributed by atoms with Gasteiger partial charge in [-0.05, 0) is 60.5 Å². The Bertz CT molecular complexity index is 1350. The minimum Gasteiger partial charge on any atom is -0.483 e. The molecular formula is C28H26N2O4. The Morgan fingerprint density at radius 2 is 1.65 bits per heavy atom. The van der Waals surface area contributed by atoms with E-state index in [0.29, 0.717) is 23.5 Å². The summed E-state index contributed by atoms with van der Waals surface area (Å²) in [5.41, 5.74) is 4.37. The van der Waals surface area contributed by atoms with Gasteiger partial charge in [-0.25, -0.2) is 4.79 Å². The Labute approximate surface area is 198 Å². The monoisotopic (exact) mass is 454 g/mol. The van der Waals surface area contributed by atoms with Crippen molar-refractivity contribution in [1.29, 1.82) is 0 Å². The van der Waals surface area contributed by atoms with Gasteiger partial charge in [-0.1, -0.05) is 54.1 Å². The molecule has 0 aliphatic carbocycles. The maximum Gasteiger partial charge on any atom is 0.336 e. The molecule has 1 amide bonds. The van der Waals surface area contributed by atoms with Crippen LogP contribution < -0.4 is 15.4 Å². The molecule has 34 heavy (non-hydrogen) atoms. The molecule has 6 heteroatoms. The van der Waals surface area contributed by atoms with E-state index in [-0.39, 0.29) is 18.1 Å². The molecule has 0 saturated carbocycles. The first kappa shape index (κ1) is 22.9. The van der Waals surface area contributed by atoms with Gasteiger partial charge in [0.05, 0.1) is 5.56 Å². The van der Waals surface area contributed by atoms with Crippen LogP contribution in [-0.4, -0.2) is 23.6 Å². The molecule has 0 heterocycles. The number of hydrogen-bond donors (Lipinski definition) is 3. The number of aryl methyl sites for hydroxylation is 1. The average molecular weight is 455 g/mol. The van der Waals surface area contributed by atoms with E-state index in [1.807, 2.05) is 73.7 Å². The molecular weight excluding hydrogens is 428 g/mol. The lowest BCUT2D eigenvalue weighted by Gasteiger charge is -2.17. The quantitative estimate of drug-likeness (QED) is 0.314. The highest BCUT2D eigenvalue weighted by Gasteiger charge is 2.14. The maximum absolute atomic E-state index is 12.5. The van der Waals surface area contributed by atoms with Crippen LogP contribution in [0.3, 0.4) is 0 Å². The summed E-state index contributed by atoms with van der Waals surface area (Å²) in [5.74, 6) is -0.617. The summed E-state index contributed by atoms with van der Waals surface area (Å²) >= 11 is 0. The minimum absolute atomic E-state index is 0.132. The predicted molar refractivity (Wildman–Crippen MR) is 135 cm³/mol. The molecule has 0 bridgehead atoms. The fourth-order valence-corrected chi connectivity index (χ4v) is 3.85. The summed E-state index contributed by atoms with van der Waals surface area (Å²) in [7, 11) is 0. The Hall–Kier alpha value is -4.32. The lowest BCUT2D eigenvalue weighted by Crippen LogP contribution is -2.20. The van der Waals surface area contributed by atoms with Gasteiger partial charge < -0.3 is 20.5 Å². The van der Waals surface area contributed by atoms with E-state index in [0.717, 1.165) is 27.6 Å². The molecule has 0 fully saturated rings. The van der Waals surface area contributed by atoms with Crippen molar-refractivity contribution in [2.24, 2.45) is 0 Å². The SMILES string of the molecule is Cc1ccc(NC(=O)COc2ccc3ccccc3c2CNc2cccc(C(=O)O)c2C)cc1. The first-order chi connectivity index (χ1) is 16.4. The first-order valence-electron chi connectivity index (χ1n) is 11.0. The van der Waals surface area contributed by atoms with E-state index >= 15 is 0 Å². The average Bonchev–Trinajstić information content (AvgIpc) is 2.83. The van der Waals surface area contributed by atoms with Gasteiger partial charge in [0.25, 0.3) is 5.91 Å². The summed E-state index contributed by atoms with van der Waals surface area (Å²) < 4.78 is 5.94. The number of carbonyl (C=O) groups excluding carboxylic acids is 1. The molecule has 0 unspecified atom stereocenters. The van der Waals surface area contributed by atoms with Crippen molar-refractivity contribution in [2.45, 2.75) is 20.4 Å². The molecule has 3 N–H and O–H groups in total. The fraction of sp³-hybridized carbons (Fsp3) is 0.143. The largest absolute Gasteiger partial charge is 0.483 e. The standard InChI is InChI=1S/C28H26N2O4/c1-18-10-13-21(14-11-18)30-27(31)17-34-26-15-12-20-6-3-4-7-23(20)24(26)16-29-25-9-5-8-22(19(25)2)28(32)33/h3-15,29H,16-17H2,1-2H3,(H,30,31)(H,32,33). The number of nitrogens with one attached hydrogen (secondary N) is 2. The highest BCUT2D eigenvalue weighted by atomic mass is 16.5. The third-order valence-corrected chi connectivity index (χ3v) is 5.71. The van der Waals surface area contributed by atoms with Crippen LogP contribution >= 0.6 is 0 Å². The molecule has 0 saturated heterocycles. The fourth-order valence-electron chi connectivity index (χ4n) is 3.85. The van der Waals surface area contributed by atoms with Crippen LogP contribution in [-0.2, 0) is 11.3 Å². The molecule has 0 aliphatic heterocycles. The second-order valence-electron chi connectivity index (χ2n) is 8.10. The Kier molecular flexibility index (Phi) is 6.78. The Balaban J connectivity index is 1.55.